The van der Waals surface area contributed by atoms with Gasteiger partial charge < -0.3 is 15.7 Å². The molecule has 122 valence electrons. The fourth-order valence-corrected chi connectivity index (χ4v) is 2.77. The van der Waals surface area contributed by atoms with Gasteiger partial charge in [0.1, 0.15) is 6.04 Å². The number of carboxylic acid groups (broad SMARTS) is 1. The first-order chi connectivity index (χ1) is 10.3. The van der Waals surface area contributed by atoms with Gasteiger partial charge in [-0.1, -0.05) is 32.9 Å². The molecular formula is C18H28N2O2. The Morgan fingerprint density at radius 1 is 1.41 bits per heavy atom. The molecule has 22 heavy (non-hydrogen) atoms. The Balaban J connectivity index is 1.93. The molecule has 1 aliphatic heterocycles. The quantitative estimate of drug-likeness (QED) is 0.753. The predicted molar refractivity (Wildman–Crippen MR) is 90.2 cm³/mol. The van der Waals surface area contributed by atoms with Gasteiger partial charge in [-0.15, -0.1) is 0 Å². The number of aryl methyl sites for hydroxylation is 1. The molecule has 0 spiro atoms. The smallest absolute Gasteiger partial charge is 0.320 e. The number of rotatable bonds is 6. The molecule has 4 heteroatoms. The minimum atomic E-state index is -0.760. The van der Waals surface area contributed by atoms with E-state index in [-0.39, 0.29) is 5.41 Å². The largest absolute Gasteiger partial charge is 0.480 e. The molecule has 3 N–H and O–H groups in total. The second kappa shape index (κ2) is 7.14. The molecule has 0 unspecified atom stereocenters. The molecule has 1 aromatic rings. The van der Waals surface area contributed by atoms with Crippen LogP contribution in [-0.4, -0.2) is 23.7 Å². The summed E-state index contributed by atoms with van der Waals surface area (Å²) in [5, 5.41) is 16.0. The fourth-order valence-electron chi connectivity index (χ4n) is 2.77. The standard InChI is InChI=1S/C18H28N2O2/c1-18(2,3)9-8-16(17(21)22)20-12-13-6-7-15-14(11-13)5-4-10-19-15/h6-7,11,16,19-20H,4-5,8-10,12H2,1-3H3,(H,21,22)/t16-/m0/s1. The Hall–Kier alpha value is -1.55. The normalized spacial score (nSPS) is 15.8. The first-order valence-electron chi connectivity index (χ1n) is 8.17. The average molecular weight is 304 g/mol. The molecule has 0 radical (unpaired) electrons. The zero-order valence-electron chi connectivity index (χ0n) is 13.9. The monoisotopic (exact) mass is 304 g/mol. The zero-order valence-corrected chi connectivity index (χ0v) is 13.9. The summed E-state index contributed by atoms with van der Waals surface area (Å²) in [4.78, 5) is 11.4. The highest BCUT2D eigenvalue weighted by atomic mass is 16.4. The Kier molecular flexibility index (Phi) is 5.46. The van der Waals surface area contributed by atoms with Crippen molar-refractivity contribution in [3.05, 3.63) is 29.3 Å². The third kappa shape index (κ3) is 5.02. The number of anilines is 1. The SMILES string of the molecule is CC(C)(C)CC[C@H](NCc1ccc2c(c1)CCCN2)C(=O)O. The molecule has 1 heterocycles. The highest BCUT2D eigenvalue weighted by molar-refractivity contribution is 5.73. The maximum atomic E-state index is 11.4. The summed E-state index contributed by atoms with van der Waals surface area (Å²) in [6, 6.07) is 5.90. The number of hydrogen-bond donors (Lipinski definition) is 3. The highest BCUT2D eigenvalue weighted by Gasteiger charge is 2.20. The number of fused-ring (bicyclic) bond motifs is 1. The van der Waals surface area contributed by atoms with E-state index in [9.17, 15) is 9.90 Å². The summed E-state index contributed by atoms with van der Waals surface area (Å²) in [7, 11) is 0. The summed E-state index contributed by atoms with van der Waals surface area (Å²) in [6.45, 7) is 8.07. The first-order valence-corrected chi connectivity index (χ1v) is 8.17. The van der Waals surface area contributed by atoms with E-state index < -0.39 is 12.0 Å². The van der Waals surface area contributed by atoms with Crippen molar-refractivity contribution in [3.63, 3.8) is 0 Å². The van der Waals surface area contributed by atoms with Crippen molar-refractivity contribution in [2.45, 2.75) is 59.0 Å². The number of aliphatic carboxylic acids is 1. The molecule has 0 saturated carbocycles. The number of nitrogens with one attached hydrogen (secondary N) is 2. The van der Waals surface area contributed by atoms with Crippen LogP contribution in [0.1, 0.15) is 51.2 Å². The van der Waals surface area contributed by atoms with Gasteiger partial charge in [-0.2, -0.15) is 0 Å². The number of carbonyl (C=O) groups is 1. The molecule has 0 amide bonds. The number of hydrogen-bond acceptors (Lipinski definition) is 3. The molecule has 1 atom stereocenters. The van der Waals surface area contributed by atoms with Crippen LogP contribution in [0, 0.1) is 5.41 Å². The number of carboxylic acids is 1. The Labute approximate surface area is 133 Å². The minimum absolute atomic E-state index is 0.160. The Morgan fingerprint density at radius 2 is 2.18 bits per heavy atom. The second-order valence-corrected chi connectivity index (χ2v) is 7.39. The third-order valence-electron chi connectivity index (χ3n) is 4.14. The van der Waals surface area contributed by atoms with Crippen LogP contribution in [0.3, 0.4) is 0 Å². The molecule has 0 saturated heterocycles. The van der Waals surface area contributed by atoms with Crippen molar-refractivity contribution in [2.75, 3.05) is 11.9 Å². The maximum Gasteiger partial charge on any atom is 0.320 e. The van der Waals surface area contributed by atoms with Crippen LogP contribution in [0.4, 0.5) is 5.69 Å². The number of benzene rings is 1. The van der Waals surface area contributed by atoms with Gasteiger partial charge in [-0.05, 0) is 48.3 Å². The van der Waals surface area contributed by atoms with Crippen LogP contribution >= 0.6 is 0 Å². The fraction of sp³-hybridized carbons (Fsp3) is 0.611. The van der Waals surface area contributed by atoms with E-state index in [1.165, 1.54) is 11.3 Å². The van der Waals surface area contributed by atoms with Crippen LogP contribution in [-0.2, 0) is 17.8 Å². The summed E-state index contributed by atoms with van der Waals surface area (Å²) in [5.41, 5.74) is 3.88. The van der Waals surface area contributed by atoms with Gasteiger partial charge in [0.25, 0.3) is 0 Å². The van der Waals surface area contributed by atoms with E-state index in [1.807, 2.05) is 0 Å². The zero-order chi connectivity index (χ0) is 16.2. The Morgan fingerprint density at radius 3 is 2.86 bits per heavy atom. The average Bonchev–Trinajstić information content (AvgIpc) is 2.45. The molecule has 0 bridgehead atoms. The van der Waals surface area contributed by atoms with Crippen molar-refractivity contribution in [1.82, 2.24) is 5.32 Å². The van der Waals surface area contributed by atoms with Gasteiger partial charge in [0.05, 0.1) is 0 Å². The van der Waals surface area contributed by atoms with Crippen molar-refractivity contribution in [2.24, 2.45) is 5.41 Å². The first kappa shape index (κ1) is 16.8. The van der Waals surface area contributed by atoms with Gasteiger partial charge in [0.2, 0.25) is 0 Å². The molecule has 2 rings (SSSR count). The lowest BCUT2D eigenvalue weighted by molar-refractivity contribution is -0.139. The molecular weight excluding hydrogens is 276 g/mol. The van der Waals surface area contributed by atoms with E-state index in [4.69, 9.17) is 0 Å². The van der Waals surface area contributed by atoms with Crippen molar-refractivity contribution < 1.29 is 9.90 Å². The predicted octanol–water partition coefficient (Wildman–Crippen LogP) is 3.41. The van der Waals surface area contributed by atoms with Gasteiger partial charge in [0.15, 0.2) is 0 Å². The molecule has 0 aliphatic carbocycles. The second-order valence-electron chi connectivity index (χ2n) is 7.39. The summed E-state index contributed by atoms with van der Waals surface area (Å²) < 4.78 is 0. The maximum absolute atomic E-state index is 11.4. The van der Waals surface area contributed by atoms with E-state index >= 15 is 0 Å². The van der Waals surface area contributed by atoms with Gasteiger partial charge in [-0.25, -0.2) is 0 Å². The molecule has 4 nitrogen and oxygen atoms in total. The highest BCUT2D eigenvalue weighted by Crippen LogP contribution is 2.24. The van der Waals surface area contributed by atoms with Crippen molar-refractivity contribution in [3.8, 4) is 0 Å². The van der Waals surface area contributed by atoms with Crippen LogP contribution in [0.15, 0.2) is 18.2 Å². The van der Waals surface area contributed by atoms with Crippen molar-refractivity contribution >= 4 is 11.7 Å². The van der Waals surface area contributed by atoms with Crippen LogP contribution in [0.2, 0.25) is 0 Å². The topological polar surface area (TPSA) is 61.4 Å². The molecule has 1 aliphatic rings. The van der Waals surface area contributed by atoms with Crippen LogP contribution in [0.5, 0.6) is 0 Å². The molecule has 0 fully saturated rings. The third-order valence-corrected chi connectivity index (χ3v) is 4.14. The lowest BCUT2D eigenvalue weighted by Gasteiger charge is -2.22. The Bertz CT molecular complexity index is 520. The summed E-state index contributed by atoms with van der Waals surface area (Å²) in [5.74, 6) is -0.760. The van der Waals surface area contributed by atoms with E-state index in [1.54, 1.807) is 0 Å². The van der Waals surface area contributed by atoms with E-state index in [0.717, 1.165) is 31.4 Å². The van der Waals surface area contributed by atoms with Gasteiger partial charge >= 0.3 is 5.97 Å². The van der Waals surface area contributed by atoms with Crippen LogP contribution < -0.4 is 10.6 Å². The minimum Gasteiger partial charge on any atom is -0.480 e. The molecule has 1 aromatic carbocycles. The van der Waals surface area contributed by atoms with E-state index in [0.29, 0.717) is 13.0 Å². The van der Waals surface area contributed by atoms with Gasteiger partial charge in [0, 0.05) is 18.8 Å². The summed E-state index contributed by atoms with van der Waals surface area (Å²) in [6.07, 6.45) is 3.81. The molecule has 0 aromatic heterocycles. The lowest BCUT2D eigenvalue weighted by Crippen LogP contribution is -2.37. The van der Waals surface area contributed by atoms with Gasteiger partial charge in [-0.3, -0.25) is 4.79 Å². The lowest BCUT2D eigenvalue weighted by atomic mass is 9.88. The van der Waals surface area contributed by atoms with E-state index in [2.05, 4.69) is 49.6 Å². The van der Waals surface area contributed by atoms with Crippen LogP contribution in [0.25, 0.3) is 0 Å². The summed E-state index contributed by atoms with van der Waals surface area (Å²) >= 11 is 0. The van der Waals surface area contributed by atoms with Crippen molar-refractivity contribution in [1.29, 1.82) is 0 Å².